The third-order valence-electron chi connectivity index (χ3n) is 7.86. The molecule has 6 aromatic rings. The normalized spacial score (nSPS) is 11.8. The molecule has 5 aromatic carbocycles. The first-order valence-electron chi connectivity index (χ1n) is 14.5. The highest BCUT2D eigenvalue weighted by Crippen LogP contribution is 2.29. The fraction of sp³-hybridized carbons (Fsp3) is 0.158. The van der Waals surface area contributed by atoms with Gasteiger partial charge in [-0.15, -0.1) is 0 Å². The van der Waals surface area contributed by atoms with Crippen LogP contribution in [0.1, 0.15) is 54.1 Å². The number of carbonyl (C=O) groups excluding carboxylic acids is 1. The van der Waals surface area contributed by atoms with Crippen molar-refractivity contribution in [1.82, 2.24) is 4.98 Å². The highest BCUT2D eigenvalue weighted by atomic mass is 16.1. The van der Waals surface area contributed by atoms with Crippen molar-refractivity contribution in [2.24, 2.45) is 0 Å². The zero-order valence-electron chi connectivity index (χ0n) is 23.4. The van der Waals surface area contributed by atoms with Crippen molar-refractivity contribution < 1.29 is 4.79 Å². The Morgan fingerprint density at radius 3 is 2.39 bits per heavy atom. The summed E-state index contributed by atoms with van der Waals surface area (Å²) < 4.78 is 0. The van der Waals surface area contributed by atoms with Crippen LogP contribution < -0.4 is 5.32 Å². The minimum absolute atomic E-state index is 0.110. The molecule has 3 heteroatoms. The van der Waals surface area contributed by atoms with Gasteiger partial charge in [-0.2, -0.15) is 0 Å². The number of hydrogen-bond donors (Lipinski definition) is 1. The number of para-hydroxylation sites is 1. The number of hydrogen-bond acceptors (Lipinski definition) is 2. The van der Waals surface area contributed by atoms with E-state index in [9.17, 15) is 4.79 Å². The Bertz CT molecular complexity index is 1880. The van der Waals surface area contributed by atoms with Gasteiger partial charge >= 0.3 is 0 Å². The first kappa shape index (κ1) is 26.5. The van der Waals surface area contributed by atoms with Crippen LogP contribution >= 0.6 is 0 Å². The summed E-state index contributed by atoms with van der Waals surface area (Å²) in [4.78, 5) is 18.5. The van der Waals surface area contributed by atoms with Crippen LogP contribution in [0.25, 0.3) is 38.0 Å². The molecule has 0 saturated heterocycles. The molecule has 1 amide bonds. The highest BCUT2D eigenvalue weighted by molar-refractivity contribution is 6.16. The van der Waals surface area contributed by atoms with E-state index in [2.05, 4.69) is 84.0 Å². The molecule has 0 spiro atoms. The number of benzene rings is 5. The second-order valence-electron chi connectivity index (χ2n) is 10.6. The zero-order valence-corrected chi connectivity index (χ0v) is 23.4. The number of rotatable bonds is 9. The van der Waals surface area contributed by atoms with E-state index in [1.54, 1.807) is 6.20 Å². The number of fused-ring (bicyclic) bond motifs is 3. The Labute approximate surface area is 241 Å². The Morgan fingerprint density at radius 2 is 1.51 bits per heavy atom. The molecule has 1 N–H and O–H groups in total. The lowest BCUT2D eigenvalue weighted by Gasteiger charge is -2.15. The van der Waals surface area contributed by atoms with Gasteiger partial charge in [0.1, 0.15) is 0 Å². The van der Waals surface area contributed by atoms with Gasteiger partial charge in [-0.3, -0.25) is 9.78 Å². The molecule has 6 rings (SSSR count). The fourth-order valence-corrected chi connectivity index (χ4v) is 5.70. The Balaban J connectivity index is 1.39. The second-order valence-corrected chi connectivity index (χ2v) is 10.6. The van der Waals surface area contributed by atoms with Gasteiger partial charge in [-0.1, -0.05) is 117 Å². The van der Waals surface area contributed by atoms with Gasteiger partial charge in [0.25, 0.3) is 5.91 Å². The summed E-state index contributed by atoms with van der Waals surface area (Å²) in [7, 11) is 0. The summed E-state index contributed by atoms with van der Waals surface area (Å²) in [6.45, 7) is 2.24. The van der Waals surface area contributed by atoms with Crippen LogP contribution in [0.15, 0.2) is 121 Å². The molecule has 0 saturated carbocycles. The molecule has 0 fully saturated rings. The van der Waals surface area contributed by atoms with Crippen molar-refractivity contribution in [1.29, 1.82) is 0 Å². The maximum atomic E-state index is 14.0. The standard InChI is InChI=1S/C38H34N2O/c1-2-3-4-11-28(33-24-20-27-12-5-6-14-32(27)26-33)19-22-30-23-21-29-13-7-8-17-34(29)36(30)38(41)40-35-18-9-15-31-16-10-25-39-37(31)35/h5-10,12-21,23-26H,2-4,11,22H2,1H3,(H,40,41). The number of nitrogens with one attached hydrogen (secondary N) is 1. The van der Waals surface area contributed by atoms with E-state index < -0.39 is 0 Å². The van der Waals surface area contributed by atoms with Crippen LogP contribution in [0.4, 0.5) is 5.69 Å². The van der Waals surface area contributed by atoms with Gasteiger partial charge in [0.05, 0.1) is 16.8 Å². The minimum Gasteiger partial charge on any atom is -0.320 e. The van der Waals surface area contributed by atoms with Crippen LogP contribution in [0.5, 0.6) is 0 Å². The van der Waals surface area contributed by atoms with E-state index in [-0.39, 0.29) is 5.91 Å². The maximum Gasteiger partial charge on any atom is 0.256 e. The monoisotopic (exact) mass is 534 g/mol. The fourth-order valence-electron chi connectivity index (χ4n) is 5.70. The van der Waals surface area contributed by atoms with E-state index in [0.717, 1.165) is 51.3 Å². The molecular formula is C38H34N2O. The summed E-state index contributed by atoms with van der Waals surface area (Å²) >= 11 is 0. The highest BCUT2D eigenvalue weighted by Gasteiger charge is 2.17. The van der Waals surface area contributed by atoms with Crippen LogP contribution in [0.3, 0.4) is 0 Å². The predicted octanol–water partition coefficient (Wildman–Crippen LogP) is 10.00. The molecule has 202 valence electrons. The molecule has 1 aromatic heterocycles. The lowest BCUT2D eigenvalue weighted by Crippen LogP contribution is -2.15. The van der Waals surface area contributed by atoms with E-state index in [1.807, 2.05) is 48.5 Å². The summed E-state index contributed by atoms with van der Waals surface area (Å²) in [5.41, 5.74) is 5.84. The smallest absolute Gasteiger partial charge is 0.256 e. The van der Waals surface area contributed by atoms with Gasteiger partial charge in [0.2, 0.25) is 0 Å². The quantitative estimate of drug-likeness (QED) is 0.188. The SMILES string of the molecule is CCCCCC(=CCc1ccc2ccccc2c1C(=O)Nc1cccc2cccnc12)c1ccc2ccccc2c1. The van der Waals surface area contributed by atoms with Gasteiger partial charge in [0.15, 0.2) is 0 Å². The first-order chi connectivity index (χ1) is 20.2. The molecule has 0 bridgehead atoms. The molecule has 1 heterocycles. The van der Waals surface area contributed by atoms with Crippen LogP contribution in [-0.4, -0.2) is 10.9 Å². The number of amides is 1. The van der Waals surface area contributed by atoms with E-state index in [0.29, 0.717) is 6.42 Å². The number of unbranched alkanes of at least 4 members (excludes halogenated alkanes) is 2. The lowest BCUT2D eigenvalue weighted by atomic mass is 9.92. The average molecular weight is 535 g/mol. The Hall–Kier alpha value is -4.76. The van der Waals surface area contributed by atoms with Crippen molar-refractivity contribution >= 4 is 49.6 Å². The Morgan fingerprint density at radius 1 is 0.756 bits per heavy atom. The minimum atomic E-state index is -0.110. The van der Waals surface area contributed by atoms with Crippen molar-refractivity contribution in [3.63, 3.8) is 0 Å². The van der Waals surface area contributed by atoms with Crippen LogP contribution in [0, 0.1) is 0 Å². The Kier molecular flexibility index (Phi) is 7.86. The number of allylic oxidation sites excluding steroid dienone is 2. The first-order valence-corrected chi connectivity index (χ1v) is 14.5. The van der Waals surface area contributed by atoms with Gasteiger partial charge < -0.3 is 5.32 Å². The zero-order chi connectivity index (χ0) is 28.0. The summed E-state index contributed by atoms with van der Waals surface area (Å²) in [5.74, 6) is -0.110. The molecule has 0 atom stereocenters. The molecule has 0 radical (unpaired) electrons. The largest absolute Gasteiger partial charge is 0.320 e. The summed E-state index contributed by atoms with van der Waals surface area (Å²) in [6, 6.07) is 37.5. The average Bonchev–Trinajstić information content (AvgIpc) is 3.02. The number of aromatic nitrogens is 1. The van der Waals surface area contributed by atoms with Crippen LogP contribution in [-0.2, 0) is 6.42 Å². The lowest BCUT2D eigenvalue weighted by molar-refractivity contribution is 0.102. The number of nitrogens with zero attached hydrogens (tertiary/aromatic N) is 1. The number of pyridine rings is 1. The van der Waals surface area contributed by atoms with Crippen molar-refractivity contribution in [2.75, 3.05) is 5.32 Å². The van der Waals surface area contributed by atoms with E-state index in [1.165, 1.54) is 34.8 Å². The molecule has 0 aliphatic rings. The maximum absolute atomic E-state index is 14.0. The van der Waals surface area contributed by atoms with E-state index >= 15 is 0 Å². The van der Waals surface area contributed by atoms with Gasteiger partial charge in [0, 0.05) is 11.6 Å². The predicted molar refractivity (Wildman–Crippen MR) is 173 cm³/mol. The molecule has 0 aliphatic carbocycles. The number of carbonyl (C=O) groups is 1. The molecular weight excluding hydrogens is 500 g/mol. The molecule has 0 unspecified atom stereocenters. The van der Waals surface area contributed by atoms with Crippen molar-refractivity contribution in [3.05, 3.63) is 138 Å². The second kappa shape index (κ2) is 12.2. The topological polar surface area (TPSA) is 42.0 Å². The molecule has 0 aliphatic heterocycles. The van der Waals surface area contributed by atoms with Crippen LogP contribution in [0.2, 0.25) is 0 Å². The molecule has 41 heavy (non-hydrogen) atoms. The van der Waals surface area contributed by atoms with Gasteiger partial charge in [-0.05, 0) is 75.7 Å². The van der Waals surface area contributed by atoms with Crippen molar-refractivity contribution in [2.45, 2.75) is 39.0 Å². The number of anilines is 1. The summed E-state index contributed by atoms with van der Waals surface area (Å²) in [5, 5.41) is 8.71. The molecule has 3 nitrogen and oxygen atoms in total. The summed E-state index contributed by atoms with van der Waals surface area (Å²) in [6.07, 6.45) is 9.32. The van der Waals surface area contributed by atoms with Crippen molar-refractivity contribution in [3.8, 4) is 0 Å². The third kappa shape index (κ3) is 5.76. The van der Waals surface area contributed by atoms with Gasteiger partial charge in [-0.25, -0.2) is 0 Å². The van der Waals surface area contributed by atoms with E-state index in [4.69, 9.17) is 0 Å². The third-order valence-corrected chi connectivity index (χ3v) is 7.86.